The van der Waals surface area contributed by atoms with Gasteiger partial charge in [0.2, 0.25) is 5.88 Å². The molecule has 1 atom stereocenters. The molecule has 0 radical (unpaired) electrons. The Morgan fingerprint density at radius 1 is 1.29 bits per heavy atom. The van der Waals surface area contributed by atoms with Crippen LogP contribution in [0.2, 0.25) is 0 Å². The predicted octanol–water partition coefficient (Wildman–Crippen LogP) is 2.28. The molecule has 1 aliphatic heterocycles. The van der Waals surface area contributed by atoms with E-state index in [4.69, 9.17) is 4.74 Å². The van der Waals surface area contributed by atoms with Crippen molar-refractivity contribution in [1.29, 1.82) is 0 Å². The highest BCUT2D eigenvalue weighted by Crippen LogP contribution is 2.26. The van der Waals surface area contributed by atoms with Crippen LogP contribution >= 0.6 is 0 Å². The smallest absolute Gasteiger partial charge is 0.213 e. The molecule has 0 amide bonds. The minimum atomic E-state index is -2.92. The van der Waals surface area contributed by atoms with E-state index in [-0.39, 0.29) is 23.7 Å². The zero-order chi connectivity index (χ0) is 20.0. The lowest BCUT2D eigenvalue weighted by atomic mass is 9.89. The van der Waals surface area contributed by atoms with Gasteiger partial charge in [0.1, 0.15) is 6.10 Å². The lowest BCUT2D eigenvalue weighted by molar-refractivity contribution is 0.130. The number of guanidine groups is 1. The average Bonchev–Trinajstić information content (AvgIpc) is 3.01. The van der Waals surface area contributed by atoms with Crippen molar-refractivity contribution < 1.29 is 13.2 Å². The highest BCUT2D eigenvalue weighted by molar-refractivity contribution is 7.91. The molecule has 3 rings (SSSR count). The Hall–Kier alpha value is -1.83. The Labute approximate surface area is 168 Å². The van der Waals surface area contributed by atoms with Crippen LogP contribution in [0.15, 0.2) is 23.3 Å². The van der Waals surface area contributed by atoms with Gasteiger partial charge in [-0.2, -0.15) is 0 Å². The van der Waals surface area contributed by atoms with Gasteiger partial charge in [-0.15, -0.1) is 0 Å². The Morgan fingerprint density at radius 3 is 2.75 bits per heavy atom. The van der Waals surface area contributed by atoms with Gasteiger partial charge in [-0.25, -0.2) is 18.4 Å². The summed E-state index contributed by atoms with van der Waals surface area (Å²) in [5, 5.41) is 6.43. The first-order valence-electron chi connectivity index (χ1n) is 10.3. The van der Waals surface area contributed by atoms with Crippen molar-refractivity contribution in [2.24, 2.45) is 10.9 Å². The molecule has 0 spiro atoms. The maximum Gasteiger partial charge on any atom is 0.213 e. The number of hydrogen-bond acceptors (Lipinski definition) is 5. The van der Waals surface area contributed by atoms with Crippen LogP contribution in [0.3, 0.4) is 0 Å². The summed E-state index contributed by atoms with van der Waals surface area (Å²) in [4.78, 5) is 8.96. The van der Waals surface area contributed by atoms with Crippen LogP contribution < -0.4 is 15.4 Å². The fourth-order valence-corrected chi connectivity index (χ4v) is 5.40. The first kappa shape index (κ1) is 20.9. The van der Waals surface area contributed by atoms with Crippen molar-refractivity contribution in [3.8, 4) is 5.88 Å². The maximum atomic E-state index is 11.7. The molecule has 1 aliphatic carbocycles. The average molecular weight is 409 g/mol. The monoisotopic (exact) mass is 408 g/mol. The Kier molecular flexibility index (Phi) is 7.15. The summed E-state index contributed by atoms with van der Waals surface area (Å²) in [6.07, 6.45) is 7.24. The summed E-state index contributed by atoms with van der Waals surface area (Å²) in [5.41, 5.74) is 1.02. The van der Waals surface area contributed by atoms with Crippen molar-refractivity contribution in [1.82, 2.24) is 15.6 Å². The number of aliphatic imine (C=N–C) groups is 1. The zero-order valence-electron chi connectivity index (χ0n) is 16.9. The molecule has 1 saturated carbocycles. The summed E-state index contributed by atoms with van der Waals surface area (Å²) in [7, 11) is -2.92. The van der Waals surface area contributed by atoms with E-state index in [9.17, 15) is 8.42 Å². The number of sulfone groups is 1. The van der Waals surface area contributed by atoms with Crippen LogP contribution in [0.4, 0.5) is 0 Å². The van der Waals surface area contributed by atoms with Gasteiger partial charge in [0, 0.05) is 24.8 Å². The van der Waals surface area contributed by atoms with Gasteiger partial charge >= 0.3 is 0 Å². The number of nitrogens with one attached hydrogen (secondary N) is 2. The van der Waals surface area contributed by atoms with Crippen LogP contribution in [0.1, 0.15) is 51.5 Å². The molecular formula is C20H32N4O3S. The Morgan fingerprint density at radius 2 is 2.07 bits per heavy atom. The Bertz CT molecular complexity index is 773. The molecule has 2 fully saturated rings. The van der Waals surface area contributed by atoms with E-state index in [1.807, 2.05) is 19.1 Å². The van der Waals surface area contributed by atoms with Crippen molar-refractivity contribution in [2.45, 2.75) is 64.6 Å². The van der Waals surface area contributed by atoms with E-state index in [0.29, 0.717) is 24.8 Å². The first-order chi connectivity index (χ1) is 13.4. The SMILES string of the molecule is CCNC(=NCc1ccnc(OC2CCC(C)CC2)c1)NC1CCS(=O)(=O)C1. The van der Waals surface area contributed by atoms with E-state index in [0.717, 1.165) is 30.9 Å². The van der Waals surface area contributed by atoms with E-state index in [1.54, 1.807) is 6.20 Å². The topological polar surface area (TPSA) is 92.7 Å². The minimum Gasteiger partial charge on any atom is -0.474 e. The van der Waals surface area contributed by atoms with Crippen molar-refractivity contribution in [3.05, 3.63) is 23.9 Å². The number of ether oxygens (including phenoxy) is 1. The molecule has 2 aliphatic rings. The highest BCUT2D eigenvalue weighted by atomic mass is 32.2. The van der Waals surface area contributed by atoms with Gasteiger partial charge < -0.3 is 15.4 Å². The van der Waals surface area contributed by atoms with Gasteiger partial charge in [-0.1, -0.05) is 6.92 Å². The summed E-state index contributed by atoms with van der Waals surface area (Å²) in [6, 6.07) is 3.81. The minimum absolute atomic E-state index is 0.0761. The van der Waals surface area contributed by atoms with Crippen LogP contribution in [0.5, 0.6) is 5.88 Å². The molecule has 156 valence electrons. The Balaban J connectivity index is 1.58. The second-order valence-corrected chi connectivity index (χ2v) is 10.2. The summed E-state index contributed by atoms with van der Waals surface area (Å²) >= 11 is 0. The third-order valence-electron chi connectivity index (χ3n) is 5.39. The number of rotatable bonds is 6. The summed E-state index contributed by atoms with van der Waals surface area (Å²) in [5.74, 6) is 2.51. The molecule has 2 heterocycles. The van der Waals surface area contributed by atoms with Crippen molar-refractivity contribution in [3.63, 3.8) is 0 Å². The normalized spacial score (nSPS) is 27.4. The van der Waals surface area contributed by atoms with Crippen LogP contribution in [-0.4, -0.2) is 49.6 Å². The van der Waals surface area contributed by atoms with Gasteiger partial charge in [0.15, 0.2) is 15.8 Å². The van der Waals surface area contributed by atoms with Crippen molar-refractivity contribution >= 4 is 15.8 Å². The molecule has 8 heteroatoms. The standard InChI is InChI=1S/C20H32N4O3S/c1-3-21-20(24-17-9-11-28(25,26)14-17)23-13-16-8-10-22-19(12-16)27-18-6-4-15(2)5-7-18/h8,10,12,15,17-18H,3-7,9,11,13-14H2,1-2H3,(H2,21,23,24). The second kappa shape index (κ2) is 9.58. The van der Waals surface area contributed by atoms with Crippen LogP contribution in [0.25, 0.3) is 0 Å². The quantitative estimate of drug-likeness (QED) is 0.554. The fraction of sp³-hybridized carbons (Fsp3) is 0.700. The van der Waals surface area contributed by atoms with E-state index in [1.165, 1.54) is 12.8 Å². The van der Waals surface area contributed by atoms with Crippen LogP contribution in [0, 0.1) is 5.92 Å². The number of hydrogen-bond donors (Lipinski definition) is 2. The van der Waals surface area contributed by atoms with Gasteiger partial charge in [0.05, 0.1) is 18.1 Å². The molecule has 0 bridgehead atoms. The van der Waals surface area contributed by atoms with Crippen molar-refractivity contribution in [2.75, 3.05) is 18.1 Å². The largest absolute Gasteiger partial charge is 0.474 e. The molecule has 1 aromatic rings. The van der Waals surface area contributed by atoms with Gasteiger partial charge in [-0.05, 0) is 56.6 Å². The number of aromatic nitrogens is 1. The molecular weight excluding hydrogens is 376 g/mol. The molecule has 2 N–H and O–H groups in total. The third kappa shape index (κ3) is 6.36. The van der Waals surface area contributed by atoms with Crippen LogP contribution in [-0.2, 0) is 16.4 Å². The second-order valence-electron chi connectivity index (χ2n) is 7.94. The number of nitrogens with zero attached hydrogens (tertiary/aromatic N) is 2. The molecule has 1 aromatic heterocycles. The van der Waals surface area contributed by atoms with Gasteiger partial charge in [0.25, 0.3) is 0 Å². The molecule has 1 unspecified atom stereocenters. The van der Waals surface area contributed by atoms with E-state index in [2.05, 4.69) is 27.5 Å². The summed E-state index contributed by atoms with van der Waals surface area (Å²) in [6.45, 7) is 5.49. The molecule has 28 heavy (non-hydrogen) atoms. The van der Waals surface area contributed by atoms with E-state index < -0.39 is 9.84 Å². The maximum absolute atomic E-state index is 11.7. The number of pyridine rings is 1. The molecule has 7 nitrogen and oxygen atoms in total. The third-order valence-corrected chi connectivity index (χ3v) is 7.15. The predicted molar refractivity (Wildman–Crippen MR) is 111 cm³/mol. The lowest BCUT2D eigenvalue weighted by Crippen LogP contribution is -2.44. The lowest BCUT2D eigenvalue weighted by Gasteiger charge is -2.26. The highest BCUT2D eigenvalue weighted by Gasteiger charge is 2.28. The molecule has 1 saturated heterocycles. The summed E-state index contributed by atoms with van der Waals surface area (Å²) < 4.78 is 29.4. The van der Waals surface area contributed by atoms with E-state index >= 15 is 0 Å². The molecule has 0 aromatic carbocycles. The first-order valence-corrected chi connectivity index (χ1v) is 12.1. The zero-order valence-corrected chi connectivity index (χ0v) is 17.7. The fourth-order valence-electron chi connectivity index (χ4n) is 3.72. The van der Waals surface area contributed by atoms with Gasteiger partial charge in [-0.3, -0.25) is 0 Å².